The maximum Gasteiger partial charge on any atom is 0.258 e. The quantitative estimate of drug-likeness (QED) is 0.790. The summed E-state index contributed by atoms with van der Waals surface area (Å²) in [6, 6.07) is 4.82. The van der Waals surface area contributed by atoms with Gasteiger partial charge in [-0.15, -0.1) is 0 Å². The van der Waals surface area contributed by atoms with Crippen molar-refractivity contribution in [2.24, 2.45) is 5.73 Å². The van der Waals surface area contributed by atoms with Crippen LogP contribution < -0.4 is 15.8 Å². The molecule has 1 unspecified atom stereocenters. The number of carbonyl (C=O) groups excluding carboxylic acids is 1. The number of primary amides is 1. The number of hydrogen-bond acceptors (Lipinski definition) is 3. The third-order valence-electron chi connectivity index (χ3n) is 3.14. The molecule has 4 nitrogen and oxygen atoms in total. The smallest absolute Gasteiger partial charge is 0.258 e. The first-order valence-electron chi connectivity index (χ1n) is 6.58. The van der Waals surface area contributed by atoms with E-state index in [2.05, 4.69) is 5.32 Å². The normalized spacial score (nSPS) is 16.1. The molecule has 19 heavy (non-hydrogen) atoms. The van der Waals surface area contributed by atoms with E-state index in [1.165, 1.54) is 12.1 Å². The SMILES string of the molecule is CCC(Oc1ccc(F)cc1CNC1CC1)C(N)=O. The van der Waals surface area contributed by atoms with Gasteiger partial charge in [-0.2, -0.15) is 0 Å². The Morgan fingerprint density at radius 3 is 2.89 bits per heavy atom. The molecular weight excluding hydrogens is 247 g/mol. The third-order valence-corrected chi connectivity index (χ3v) is 3.14. The molecule has 0 radical (unpaired) electrons. The lowest BCUT2D eigenvalue weighted by Crippen LogP contribution is -2.33. The van der Waals surface area contributed by atoms with E-state index in [1.54, 1.807) is 6.07 Å². The highest BCUT2D eigenvalue weighted by Gasteiger charge is 2.22. The summed E-state index contributed by atoms with van der Waals surface area (Å²) < 4.78 is 18.9. The van der Waals surface area contributed by atoms with Crippen molar-refractivity contribution in [2.45, 2.75) is 44.9 Å². The van der Waals surface area contributed by atoms with Crippen molar-refractivity contribution in [1.82, 2.24) is 5.32 Å². The van der Waals surface area contributed by atoms with Crippen molar-refractivity contribution >= 4 is 5.91 Å². The Bertz CT molecular complexity index is 461. The average molecular weight is 266 g/mol. The first kappa shape index (κ1) is 13.8. The molecular formula is C14H19FN2O2. The van der Waals surface area contributed by atoms with Crippen LogP contribution in [-0.2, 0) is 11.3 Å². The van der Waals surface area contributed by atoms with Crippen molar-refractivity contribution in [1.29, 1.82) is 0 Å². The summed E-state index contributed by atoms with van der Waals surface area (Å²) in [6.07, 6.45) is 2.13. The van der Waals surface area contributed by atoms with E-state index < -0.39 is 12.0 Å². The van der Waals surface area contributed by atoms with Crippen LogP contribution in [0.15, 0.2) is 18.2 Å². The summed E-state index contributed by atoms with van der Waals surface area (Å²) in [6.45, 7) is 2.36. The lowest BCUT2D eigenvalue weighted by atomic mass is 10.1. The summed E-state index contributed by atoms with van der Waals surface area (Å²) in [4.78, 5) is 11.2. The van der Waals surface area contributed by atoms with E-state index in [1.807, 2.05) is 6.92 Å². The zero-order chi connectivity index (χ0) is 13.8. The highest BCUT2D eigenvalue weighted by atomic mass is 19.1. The lowest BCUT2D eigenvalue weighted by molar-refractivity contribution is -0.124. The Hall–Kier alpha value is -1.62. The zero-order valence-corrected chi connectivity index (χ0v) is 11.0. The number of amides is 1. The van der Waals surface area contributed by atoms with Crippen LogP contribution in [0.5, 0.6) is 5.75 Å². The van der Waals surface area contributed by atoms with E-state index in [9.17, 15) is 9.18 Å². The maximum atomic E-state index is 13.3. The van der Waals surface area contributed by atoms with E-state index >= 15 is 0 Å². The predicted octanol–water partition coefficient (Wildman–Crippen LogP) is 1.72. The Balaban J connectivity index is 2.10. The van der Waals surface area contributed by atoms with Gasteiger partial charge in [0.25, 0.3) is 5.91 Å². The fourth-order valence-corrected chi connectivity index (χ4v) is 1.84. The molecule has 1 fully saturated rings. The van der Waals surface area contributed by atoms with Gasteiger partial charge in [0.15, 0.2) is 6.10 Å². The second-order valence-corrected chi connectivity index (χ2v) is 4.82. The standard InChI is InChI=1S/C14H19FN2O2/c1-2-12(14(16)18)19-13-6-3-10(15)7-9(13)8-17-11-4-5-11/h3,6-7,11-12,17H,2,4-5,8H2,1H3,(H2,16,18). The molecule has 104 valence electrons. The molecule has 1 aliphatic carbocycles. The minimum Gasteiger partial charge on any atom is -0.480 e. The number of ether oxygens (including phenoxy) is 1. The van der Waals surface area contributed by atoms with Crippen molar-refractivity contribution < 1.29 is 13.9 Å². The van der Waals surface area contributed by atoms with Crippen molar-refractivity contribution in [3.63, 3.8) is 0 Å². The molecule has 1 amide bonds. The van der Waals surface area contributed by atoms with Crippen LogP contribution >= 0.6 is 0 Å². The molecule has 1 aromatic carbocycles. The van der Waals surface area contributed by atoms with Crippen molar-refractivity contribution in [3.8, 4) is 5.75 Å². The maximum absolute atomic E-state index is 13.3. The van der Waals surface area contributed by atoms with E-state index in [0.29, 0.717) is 30.3 Å². The molecule has 0 aromatic heterocycles. The number of nitrogens with one attached hydrogen (secondary N) is 1. The Morgan fingerprint density at radius 2 is 2.32 bits per heavy atom. The number of benzene rings is 1. The Labute approximate surface area is 112 Å². The molecule has 1 atom stereocenters. The molecule has 0 bridgehead atoms. The Kier molecular flexibility index (Phi) is 4.37. The van der Waals surface area contributed by atoms with E-state index in [-0.39, 0.29) is 5.82 Å². The molecule has 0 saturated heterocycles. The number of hydrogen-bond donors (Lipinski definition) is 2. The van der Waals surface area contributed by atoms with Crippen molar-refractivity contribution in [2.75, 3.05) is 0 Å². The summed E-state index contributed by atoms with van der Waals surface area (Å²) in [5.74, 6) is -0.305. The van der Waals surface area contributed by atoms with Gasteiger partial charge in [0.05, 0.1) is 0 Å². The van der Waals surface area contributed by atoms with Crippen LogP contribution in [0.2, 0.25) is 0 Å². The first-order chi connectivity index (χ1) is 9.10. The van der Waals surface area contributed by atoms with Gasteiger partial charge in [-0.05, 0) is 37.5 Å². The average Bonchev–Trinajstić information content (AvgIpc) is 3.18. The number of rotatable bonds is 7. The molecule has 1 aliphatic rings. The van der Waals surface area contributed by atoms with Gasteiger partial charge >= 0.3 is 0 Å². The number of nitrogens with two attached hydrogens (primary N) is 1. The van der Waals surface area contributed by atoms with Crippen LogP contribution in [0.4, 0.5) is 4.39 Å². The van der Waals surface area contributed by atoms with Crippen LogP contribution in [0.3, 0.4) is 0 Å². The molecule has 5 heteroatoms. The van der Waals surface area contributed by atoms with Crippen LogP contribution in [0.1, 0.15) is 31.7 Å². The predicted molar refractivity (Wildman–Crippen MR) is 70.2 cm³/mol. The number of carbonyl (C=O) groups is 1. The summed E-state index contributed by atoms with van der Waals surface area (Å²) in [5.41, 5.74) is 5.97. The summed E-state index contributed by atoms with van der Waals surface area (Å²) in [7, 11) is 0. The fourth-order valence-electron chi connectivity index (χ4n) is 1.84. The van der Waals surface area contributed by atoms with Crippen molar-refractivity contribution in [3.05, 3.63) is 29.6 Å². The zero-order valence-electron chi connectivity index (χ0n) is 11.0. The van der Waals surface area contributed by atoms with Crippen LogP contribution in [0, 0.1) is 5.82 Å². The highest BCUT2D eigenvalue weighted by molar-refractivity contribution is 5.79. The minimum absolute atomic E-state index is 0.313. The van der Waals surface area contributed by atoms with E-state index in [0.717, 1.165) is 12.8 Å². The van der Waals surface area contributed by atoms with Gasteiger partial charge in [-0.3, -0.25) is 4.79 Å². The fraction of sp³-hybridized carbons (Fsp3) is 0.500. The molecule has 0 spiro atoms. The lowest BCUT2D eigenvalue weighted by Gasteiger charge is -2.17. The van der Waals surface area contributed by atoms with Gasteiger partial charge in [0.1, 0.15) is 11.6 Å². The third kappa shape index (κ3) is 3.92. The van der Waals surface area contributed by atoms with Gasteiger partial charge in [0.2, 0.25) is 0 Å². The molecule has 1 saturated carbocycles. The molecule has 0 heterocycles. The van der Waals surface area contributed by atoms with Crippen LogP contribution in [-0.4, -0.2) is 18.1 Å². The first-order valence-corrected chi connectivity index (χ1v) is 6.58. The van der Waals surface area contributed by atoms with E-state index in [4.69, 9.17) is 10.5 Å². The largest absolute Gasteiger partial charge is 0.480 e. The second-order valence-electron chi connectivity index (χ2n) is 4.82. The Morgan fingerprint density at radius 1 is 1.58 bits per heavy atom. The van der Waals surface area contributed by atoms with Gasteiger partial charge in [-0.1, -0.05) is 6.92 Å². The monoisotopic (exact) mass is 266 g/mol. The van der Waals surface area contributed by atoms with Gasteiger partial charge < -0.3 is 15.8 Å². The van der Waals surface area contributed by atoms with Gasteiger partial charge in [0, 0.05) is 18.2 Å². The second kappa shape index (κ2) is 6.02. The molecule has 2 rings (SSSR count). The van der Waals surface area contributed by atoms with Gasteiger partial charge in [-0.25, -0.2) is 4.39 Å². The molecule has 0 aliphatic heterocycles. The molecule has 1 aromatic rings. The summed E-state index contributed by atoms with van der Waals surface area (Å²) >= 11 is 0. The highest BCUT2D eigenvalue weighted by Crippen LogP contribution is 2.24. The molecule has 3 N–H and O–H groups in total. The topological polar surface area (TPSA) is 64.3 Å². The van der Waals surface area contributed by atoms with Crippen LogP contribution in [0.25, 0.3) is 0 Å². The number of halogens is 1. The minimum atomic E-state index is -0.676. The summed E-state index contributed by atoms with van der Waals surface area (Å²) in [5, 5.41) is 3.30.